The van der Waals surface area contributed by atoms with Gasteiger partial charge in [0.2, 0.25) is 0 Å². The first-order chi connectivity index (χ1) is 10.3. The molecule has 1 aromatic carbocycles. The molecule has 0 bridgehead atoms. The van der Waals surface area contributed by atoms with Crippen LogP contribution in [0.2, 0.25) is 0 Å². The molecule has 114 valence electrons. The second-order valence-electron chi connectivity index (χ2n) is 4.82. The van der Waals surface area contributed by atoms with Gasteiger partial charge in [-0.15, -0.1) is 0 Å². The summed E-state index contributed by atoms with van der Waals surface area (Å²) < 4.78 is 12.5. The Kier molecular flexibility index (Phi) is 5.78. The molecule has 0 aliphatic rings. The number of aliphatic hydroxyl groups is 1. The number of hydrogen-bond acceptors (Lipinski definition) is 4. The monoisotopic (exact) mass is 290 g/mol. The smallest absolute Gasteiger partial charge is 0.125 e. The first kappa shape index (κ1) is 15.5. The van der Waals surface area contributed by atoms with E-state index in [9.17, 15) is 5.11 Å². The number of rotatable bonds is 8. The van der Waals surface area contributed by atoms with Crippen LogP contribution in [0.3, 0.4) is 0 Å². The van der Waals surface area contributed by atoms with E-state index in [0.29, 0.717) is 19.0 Å². The van der Waals surface area contributed by atoms with Crippen molar-refractivity contribution < 1.29 is 14.6 Å². The molecule has 5 heteroatoms. The summed E-state index contributed by atoms with van der Waals surface area (Å²) in [6.45, 7) is 3.91. The highest BCUT2D eigenvalue weighted by atomic mass is 16.5. The summed E-state index contributed by atoms with van der Waals surface area (Å²) in [5, 5.41) is 14.8. The lowest BCUT2D eigenvalue weighted by atomic mass is 10.0. The Balaban J connectivity index is 2.15. The quantitative estimate of drug-likeness (QED) is 0.759. The zero-order valence-electron chi connectivity index (χ0n) is 12.5. The lowest BCUT2D eigenvalue weighted by Crippen LogP contribution is -2.08. The van der Waals surface area contributed by atoms with Gasteiger partial charge in [-0.1, -0.05) is 25.1 Å². The summed E-state index contributed by atoms with van der Waals surface area (Å²) in [6, 6.07) is 7.49. The molecular weight excluding hydrogens is 268 g/mol. The summed E-state index contributed by atoms with van der Waals surface area (Å²) in [7, 11) is 1.63. The van der Waals surface area contributed by atoms with Crippen molar-refractivity contribution in [2.75, 3.05) is 20.3 Å². The van der Waals surface area contributed by atoms with Crippen LogP contribution in [-0.2, 0) is 11.3 Å². The van der Waals surface area contributed by atoms with Crippen LogP contribution >= 0.6 is 0 Å². The summed E-state index contributed by atoms with van der Waals surface area (Å²) in [5.74, 6) is 0.672. The van der Waals surface area contributed by atoms with Crippen molar-refractivity contribution in [3.8, 4) is 5.75 Å². The molecule has 2 rings (SSSR count). The molecule has 0 saturated heterocycles. The van der Waals surface area contributed by atoms with Crippen LogP contribution in [0.25, 0.3) is 0 Å². The van der Waals surface area contributed by atoms with E-state index in [2.05, 4.69) is 12.0 Å². The summed E-state index contributed by atoms with van der Waals surface area (Å²) in [5.41, 5.74) is 1.51. The SMILES string of the molecule is CCCn1cc(C(O)c2ccccc2OCCOC)cn1. The van der Waals surface area contributed by atoms with Crippen LogP contribution in [0.15, 0.2) is 36.7 Å². The average Bonchev–Trinajstić information content (AvgIpc) is 2.96. The lowest BCUT2D eigenvalue weighted by molar-refractivity contribution is 0.142. The van der Waals surface area contributed by atoms with E-state index in [1.54, 1.807) is 13.3 Å². The second-order valence-corrected chi connectivity index (χ2v) is 4.82. The van der Waals surface area contributed by atoms with Crippen molar-refractivity contribution in [2.45, 2.75) is 26.0 Å². The fraction of sp³-hybridized carbons (Fsp3) is 0.438. The first-order valence-corrected chi connectivity index (χ1v) is 7.17. The molecule has 0 fully saturated rings. The Morgan fingerprint density at radius 2 is 2.10 bits per heavy atom. The summed E-state index contributed by atoms with van der Waals surface area (Å²) in [6.07, 6.45) is 3.84. The summed E-state index contributed by atoms with van der Waals surface area (Å²) in [4.78, 5) is 0. The highest BCUT2D eigenvalue weighted by Gasteiger charge is 2.17. The highest BCUT2D eigenvalue weighted by molar-refractivity contribution is 5.39. The predicted octanol–water partition coefficient (Wildman–Crippen LogP) is 2.40. The minimum Gasteiger partial charge on any atom is -0.491 e. The minimum atomic E-state index is -0.741. The van der Waals surface area contributed by atoms with E-state index in [4.69, 9.17) is 9.47 Å². The number of aromatic nitrogens is 2. The van der Waals surface area contributed by atoms with Crippen molar-refractivity contribution in [2.24, 2.45) is 0 Å². The number of methoxy groups -OCH3 is 1. The van der Waals surface area contributed by atoms with Crippen molar-refractivity contribution in [3.63, 3.8) is 0 Å². The molecule has 21 heavy (non-hydrogen) atoms. The molecule has 1 atom stereocenters. The number of hydrogen-bond donors (Lipinski definition) is 1. The van der Waals surface area contributed by atoms with E-state index in [1.165, 1.54) is 0 Å². The Morgan fingerprint density at radius 3 is 2.86 bits per heavy atom. The maximum atomic E-state index is 10.5. The van der Waals surface area contributed by atoms with Crippen molar-refractivity contribution in [1.82, 2.24) is 9.78 Å². The highest BCUT2D eigenvalue weighted by Crippen LogP contribution is 2.29. The Hall–Kier alpha value is -1.85. The van der Waals surface area contributed by atoms with E-state index in [-0.39, 0.29) is 0 Å². The van der Waals surface area contributed by atoms with Crippen molar-refractivity contribution in [1.29, 1.82) is 0 Å². The van der Waals surface area contributed by atoms with Crippen LogP contribution in [0, 0.1) is 0 Å². The van der Waals surface area contributed by atoms with E-state index in [0.717, 1.165) is 24.1 Å². The Morgan fingerprint density at radius 1 is 1.29 bits per heavy atom. The van der Waals surface area contributed by atoms with Gasteiger partial charge in [0.1, 0.15) is 18.5 Å². The van der Waals surface area contributed by atoms with Gasteiger partial charge in [0.05, 0.1) is 12.8 Å². The number of nitrogens with zero attached hydrogens (tertiary/aromatic N) is 2. The van der Waals surface area contributed by atoms with E-state index < -0.39 is 6.10 Å². The molecule has 2 aromatic rings. The zero-order valence-corrected chi connectivity index (χ0v) is 12.5. The lowest BCUT2D eigenvalue weighted by Gasteiger charge is -2.15. The molecule has 1 N–H and O–H groups in total. The van der Waals surface area contributed by atoms with Gasteiger partial charge >= 0.3 is 0 Å². The normalized spacial score (nSPS) is 12.3. The van der Waals surface area contributed by atoms with Gasteiger partial charge in [-0.2, -0.15) is 5.10 Å². The van der Waals surface area contributed by atoms with Gasteiger partial charge in [0.25, 0.3) is 0 Å². The van der Waals surface area contributed by atoms with Crippen LogP contribution < -0.4 is 4.74 Å². The van der Waals surface area contributed by atoms with E-state index >= 15 is 0 Å². The van der Waals surface area contributed by atoms with Gasteiger partial charge in [-0.05, 0) is 12.5 Å². The van der Waals surface area contributed by atoms with Crippen molar-refractivity contribution in [3.05, 3.63) is 47.8 Å². The van der Waals surface area contributed by atoms with Gasteiger partial charge < -0.3 is 14.6 Å². The molecule has 1 heterocycles. The fourth-order valence-electron chi connectivity index (χ4n) is 2.12. The predicted molar refractivity (Wildman–Crippen MR) is 80.4 cm³/mol. The number of aryl methyl sites for hydroxylation is 1. The molecule has 0 radical (unpaired) electrons. The minimum absolute atomic E-state index is 0.454. The molecule has 0 aliphatic carbocycles. The first-order valence-electron chi connectivity index (χ1n) is 7.17. The molecule has 1 aromatic heterocycles. The molecular formula is C16H22N2O3. The third-order valence-corrected chi connectivity index (χ3v) is 3.18. The molecule has 0 amide bonds. The van der Waals surface area contributed by atoms with Gasteiger partial charge in [-0.25, -0.2) is 0 Å². The molecule has 0 spiro atoms. The molecule has 1 unspecified atom stereocenters. The van der Waals surface area contributed by atoms with Crippen LogP contribution in [0.5, 0.6) is 5.75 Å². The van der Waals surface area contributed by atoms with Crippen LogP contribution in [-0.4, -0.2) is 35.2 Å². The standard InChI is InChI=1S/C16H22N2O3/c1-3-8-18-12-13(11-17-18)16(19)14-6-4-5-7-15(14)21-10-9-20-2/h4-7,11-12,16,19H,3,8-10H2,1-2H3. The summed E-state index contributed by atoms with van der Waals surface area (Å²) >= 11 is 0. The van der Waals surface area contributed by atoms with Crippen LogP contribution in [0.1, 0.15) is 30.6 Å². The van der Waals surface area contributed by atoms with Crippen LogP contribution in [0.4, 0.5) is 0 Å². The Labute approximate surface area is 125 Å². The Bertz CT molecular complexity index is 554. The third-order valence-electron chi connectivity index (χ3n) is 3.18. The van der Waals surface area contributed by atoms with Gasteiger partial charge in [0.15, 0.2) is 0 Å². The molecule has 5 nitrogen and oxygen atoms in total. The van der Waals surface area contributed by atoms with E-state index in [1.807, 2.05) is 35.1 Å². The zero-order chi connectivity index (χ0) is 15.1. The number of aliphatic hydroxyl groups excluding tert-OH is 1. The average molecular weight is 290 g/mol. The fourth-order valence-corrected chi connectivity index (χ4v) is 2.12. The largest absolute Gasteiger partial charge is 0.491 e. The number of para-hydroxylation sites is 1. The molecule has 0 aliphatic heterocycles. The third kappa shape index (κ3) is 4.06. The maximum absolute atomic E-state index is 10.5. The second kappa shape index (κ2) is 7.81. The maximum Gasteiger partial charge on any atom is 0.125 e. The van der Waals surface area contributed by atoms with Gasteiger partial charge in [-0.3, -0.25) is 4.68 Å². The van der Waals surface area contributed by atoms with Gasteiger partial charge in [0, 0.05) is 31.0 Å². The topological polar surface area (TPSA) is 56.5 Å². The number of ether oxygens (including phenoxy) is 2. The van der Waals surface area contributed by atoms with Crippen molar-refractivity contribution >= 4 is 0 Å². The molecule has 0 saturated carbocycles. The number of benzene rings is 1.